The highest BCUT2D eigenvalue weighted by Crippen LogP contribution is 2.29. The predicted octanol–water partition coefficient (Wildman–Crippen LogP) is 2.74. The summed E-state index contributed by atoms with van der Waals surface area (Å²) in [6.45, 7) is 1.44. The Labute approximate surface area is 181 Å². The number of halogens is 4. The molecule has 0 amide bonds. The zero-order valence-corrected chi connectivity index (χ0v) is 16.6. The lowest BCUT2D eigenvalue weighted by Crippen LogP contribution is -2.29. The Morgan fingerprint density at radius 3 is 2.55 bits per heavy atom. The van der Waals surface area contributed by atoms with Gasteiger partial charge in [-0.15, -0.1) is 0 Å². The van der Waals surface area contributed by atoms with E-state index in [2.05, 4.69) is 30.5 Å². The fourth-order valence-electron chi connectivity index (χ4n) is 3.27. The minimum atomic E-state index is -3.11. The molecule has 0 saturated heterocycles. The molecule has 0 spiro atoms. The van der Waals surface area contributed by atoms with Gasteiger partial charge in [-0.25, -0.2) is 32.1 Å². The molecule has 0 aliphatic rings. The van der Waals surface area contributed by atoms with E-state index in [4.69, 9.17) is 5.73 Å². The number of alkyl halides is 2. The molecule has 4 aromatic rings. The summed E-state index contributed by atoms with van der Waals surface area (Å²) in [5.41, 5.74) is 2.57. The van der Waals surface area contributed by atoms with Gasteiger partial charge in [0.1, 0.15) is 51.5 Å². The number of nitrogens with zero attached hydrogens (tertiary/aromatic N) is 6. The number of nitrogen functional groups attached to an aromatic ring is 1. The van der Waals surface area contributed by atoms with Crippen LogP contribution in [0.25, 0.3) is 16.7 Å². The molecule has 4 rings (SSSR count). The zero-order valence-electron chi connectivity index (χ0n) is 16.6. The maximum absolute atomic E-state index is 14.4. The largest absolute Gasteiger partial charge is 0.368 e. The normalized spacial score (nSPS) is 12.2. The van der Waals surface area contributed by atoms with Crippen LogP contribution in [0.1, 0.15) is 36.5 Å². The van der Waals surface area contributed by atoms with E-state index in [9.17, 15) is 27.6 Å². The number of benzene rings is 1. The molecule has 33 heavy (non-hydrogen) atoms. The fourth-order valence-corrected chi connectivity index (χ4v) is 3.27. The molecule has 3 aromatic heterocycles. The number of nitriles is 1. The van der Waals surface area contributed by atoms with Crippen molar-refractivity contribution < 1.29 is 17.6 Å². The monoisotopic (exact) mass is 459 g/mol. The standard InChI is InChI=1S/C19H13F4N9O/c1-7(27-16-8(6-24)13(15(22)23)29-19(25)30-16)17-28-14-10(21)3-2-9(20)12(14)18(33)32(17)11-4-5-26-31-11/h2-5,7,15H,1H3,(H,26,31)(H3,25,27,29,30)/t7-/m0/s1. The van der Waals surface area contributed by atoms with Crippen LogP contribution in [0.15, 0.2) is 29.2 Å². The topological polar surface area (TPSA) is 151 Å². The summed E-state index contributed by atoms with van der Waals surface area (Å²) in [7, 11) is 0. The van der Waals surface area contributed by atoms with E-state index in [0.29, 0.717) is 0 Å². The fraction of sp³-hybridized carbons (Fsp3) is 0.158. The van der Waals surface area contributed by atoms with E-state index in [1.807, 2.05) is 0 Å². The van der Waals surface area contributed by atoms with Gasteiger partial charge in [0.15, 0.2) is 5.82 Å². The number of nitrogens with one attached hydrogen (secondary N) is 2. The van der Waals surface area contributed by atoms with Gasteiger partial charge in [0.05, 0.1) is 12.2 Å². The molecule has 10 nitrogen and oxygen atoms in total. The number of hydrogen-bond acceptors (Lipinski definition) is 8. The second-order valence-electron chi connectivity index (χ2n) is 6.77. The molecule has 0 unspecified atom stereocenters. The number of aromatic amines is 1. The summed E-state index contributed by atoms with van der Waals surface area (Å²) in [4.78, 5) is 24.4. The van der Waals surface area contributed by atoms with Crippen molar-refractivity contribution in [3.8, 4) is 11.9 Å². The van der Waals surface area contributed by atoms with Gasteiger partial charge in [0, 0.05) is 6.07 Å². The van der Waals surface area contributed by atoms with Crippen molar-refractivity contribution in [2.75, 3.05) is 11.1 Å². The number of fused-ring (bicyclic) bond motifs is 1. The van der Waals surface area contributed by atoms with Crippen molar-refractivity contribution in [1.29, 1.82) is 5.26 Å². The molecule has 0 bridgehead atoms. The molecule has 3 heterocycles. The van der Waals surface area contributed by atoms with Crippen LogP contribution in [0.3, 0.4) is 0 Å². The molecule has 0 radical (unpaired) electrons. The van der Waals surface area contributed by atoms with Crippen LogP contribution in [0.2, 0.25) is 0 Å². The molecule has 0 aliphatic carbocycles. The number of nitrogens with two attached hydrogens (primary N) is 1. The SMILES string of the molecule is C[C@H](Nc1nc(N)nc(C(F)F)c1C#N)c1nc2c(F)ccc(F)c2c(=O)n1-c1ccn[nH]1. The summed E-state index contributed by atoms with van der Waals surface area (Å²) in [5, 5.41) is 17.7. The summed E-state index contributed by atoms with van der Waals surface area (Å²) in [6, 6.07) is 3.56. The highest BCUT2D eigenvalue weighted by atomic mass is 19.3. The maximum atomic E-state index is 14.4. The molecule has 0 fully saturated rings. The molecular weight excluding hydrogens is 446 g/mol. The number of hydrogen-bond donors (Lipinski definition) is 3. The molecule has 0 saturated carbocycles. The average Bonchev–Trinajstić information content (AvgIpc) is 3.29. The first-order valence-electron chi connectivity index (χ1n) is 9.25. The van der Waals surface area contributed by atoms with E-state index in [1.54, 1.807) is 6.07 Å². The lowest BCUT2D eigenvalue weighted by atomic mass is 10.2. The molecule has 1 atom stereocenters. The van der Waals surface area contributed by atoms with Gasteiger partial charge >= 0.3 is 0 Å². The number of rotatable bonds is 5. The third-order valence-corrected chi connectivity index (χ3v) is 4.69. The number of anilines is 2. The van der Waals surface area contributed by atoms with E-state index in [-0.39, 0.29) is 17.5 Å². The quantitative estimate of drug-likeness (QED) is 0.386. The van der Waals surface area contributed by atoms with Gasteiger partial charge in [-0.2, -0.15) is 15.3 Å². The van der Waals surface area contributed by atoms with Crippen molar-refractivity contribution in [3.63, 3.8) is 0 Å². The summed E-state index contributed by atoms with van der Waals surface area (Å²) in [6.07, 6.45) is -1.79. The summed E-state index contributed by atoms with van der Waals surface area (Å²) < 4.78 is 56.4. The Morgan fingerprint density at radius 1 is 1.18 bits per heavy atom. The van der Waals surface area contributed by atoms with Gasteiger partial charge in [-0.05, 0) is 19.1 Å². The Balaban J connectivity index is 1.94. The van der Waals surface area contributed by atoms with Crippen LogP contribution < -0.4 is 16.6 Å². The Kier molecular flexibility index (Phi) is 5.38. The van der Waals surface area contributed by atoms with Crippen molar-refractivity contribution in [2.24, 2.45) is 0 Å². The number of H-pyrrole nitrogens is 1. The van der Waals surface area contributed by atoms with Crippen molar-refractivity contribution in [1.82, 2.24) is 29.7 Å². The molecule has 14 heteroatoms. The third-order valence-electron chi connectivity index (χ3n) is 4.69. The van der Waals surface area contributed by atoms with Crippen molar-refractivity contribution >= 4 is 22.7 Å². The Morgan fingerprint density at radius 2 is 1.91 bits per heavy atom. The first-order chi connectivity index (χ1) is 15.7. The van der Waals surface area contributed by atoms with Gasteiger partial charge in [-0.1, -0.05) is 0 Å². The smallest absolute Gasteiger partial charge is 0.281 e. The van der Waals surface area contributed by atoms with E-state index in [1.165, 1.54) is 19.2 Å². The second kappa shape index (κ2) is 8.19. The number of aromatic nitrogens is 6. The Bertz CT molecular complexity index is 1460. The van der Waals surface area contributed by atoms with Crippen LogP contribution in [0.4, 0.5) is 29.3 Å². The maximum Gasteiger partial charge on any atom is 0.281 e. The van der Waals surface area contributed by atoms with E-state index < -0.39 is 57.8 Å². The van der Waals surface area contributed by atoms with Crippen molar-refractivity contribution in [2.45, 2.75) is 19.4 Å². The van der Waals surface area contributed by atoms with E-state index >= 15 is 0 Å². The van der Waals surface area contributed by atoms with Crippen LogP contribution in [0, 0.1) is 23.0 Å². The lowest BCUT2D eigenvalue weighted by molar-refractivity contribution is 0.146. The van der Waals surface area contributed by atoms with Crippen LogP contribution >= 0.6 is 0 Å². The first-order valence-corrected chi connectivity index (χ1v) is 9.25. The average molecular weight is 459 g/mol. The highest BCUT2D eigenvalue weighted by Gasteiger charge is 2.26. The molecule has 168 valence electrons. The van der Waals surface area contributed by atoms with Crippen LogP contribution in [0.5, 0.6) is 0 Å². The second-order valence-corrected chi connectivity index (χ2v) is 6.77. The van der Waals surface area contributed by atoms with Gasteiger partial charge in [-0.3, -0.25) is 9.89 Å². The van der Waals surface area contributed by atoms with Gasteiger partial charge < -0.3 is 11.1 Å². The Hall–Kier alpha value is -4.54. The first kappa shape index (κ1) is 21.7. The predicted molar refractivity (Wildman–Crippen MR) is 108 cm³/mol. The minimum Gasteiger partial charge on any atom is -0.368 e. The molecule has 0 aliphatic heterocycles. The molecule has 1 aromatic carbocycles. The lowest BCUT2D eigenvalue weighted by Gasteiger charge is -2.20. The van der Waals surface area contributed by atoms with Crippen LogP contribution in [-0.2, 0) is 0 Å². The van der Waals surface area contributed by atoms with Crippen molar-refractivity contribution in [3.05, 3.63) is 63.5 Å². The molecular formula is C19H13F4N9O. The van der Waals surface area contributed by atoms with Gasteiger partial charge in [0.25, 0.3) is 12.0 Å². The van der Waals surface area contributed by atoms with Gasteiger partial charge in [0.2, 0.25) is 5.95 Å². The zero-order chi connectivity index (χ0) is 23.9. The van der Waals surface area contributed by atoms with E-state index in [0.717, 1.165) is 16.7 Å². The summed E-state index contributed by atoms with van der Waals surface area (Å²) in [5.74, 6) is -2.87. The minimum absolute atomic E-state index is 0.0812. The van der Waals surface area contributed by atoms with Crippen LogP contribution in [-0.4, -0.2) is 29.7 Å². The third kappa shape index (κ3) is 3.69. The molecule has 4 N–H and O–H groups in total. The highest BCUT2D eigenvalue weighted by molar-refractivity contribution is 5.79. The summed E-state index contributed by atoms with van der Waals surface area (Å²) >= 11 is 0.